The zero-order chi connectivity index (χ0) is 10.6. The third kappa shape index (κ3) is 1.19. The number of ketones is 1. The van der Waals surface area contributed by atoms with Crippen molar-refractivity contribution in [3.05, 3.63) is 0 Å². The second kappa shape index (κ2) is 2.72. The summed E-state index contributed by atoms with van der Waals surface area (Å²) < 4.78 is 5.19. The van der Waals surface area contributed by atoms with E-state index in [9.17, 15) is 9.59 Å². The lowest BCUT2D eigenvalue weighted by molar-refractivity contribution is -0.132. The molecule has 3 aliphatic rings. The molecule has 1 amide bonds. The molecule has 3 fully saturated rings. The predicted molar refractivity (Wildman–Crippen MR) is 49.5 cm³/mol. The first kappa shape index (κ1) is 9.15. The molecular weight excluding hydrogens is 198 g/mol. The van der Waals surface area contributed by atoms with Crippen LogP contribution in [0.15, 0.2) is 0 Å². The van der Waals surface area contributed by atoms with Gasteiger partial charge < -0.3 is 14.7 Å². The molecule has 0 radical (unpaired) electrons. The second-order valence-corrected chi connectivity index (χ2v) is 4.71. The van der Waals surface area contributed by atoms with Crippen molar-refractivity contribution in [1.29, 1.82) is 0 Å². The average molecular weight is 211 g/mol. The third-order valence-corrected chi connectivity index (χ3v) is 3.95. The standard InChI is InChI=1S/C10H13NO4/c12-8-7-6(15-7)5-10(8)1-3-11(4-2-10)9(13)14/h6-7H,1-5H2,(H,13,14). The molecular formula is C10H13NO4. The van der Waals surface area contributed by atoms with Crippen LogP contribution in [0.2, 0.25) is 0 Å². The van der Waals surface area contributed by atoms with Crippen molar-refractivity contribution < 1.29 is 19.4 Å². The Morgan fingerprint density at radius 1 is 1.47 bits per heavy atom. The van der Waals surface area contributed by atoms with Crippen molar-refractivity contribution in [2.24, 2.45) is 5.41 Å². The Balaban J connectivity index is 1.71. The number of rotatable bonds is 0. The van der Waals surface area contributed by atoms with E-state index in [-0.39, 0.29) is 23.4 Å². The van der Waals surface area contributed by atoms with Gasteiger partial charge in [0.1, 0.15) is 6.10 Å². The van der Waals surface area contributed by atoms with Crippen molar-refractivity contribution in [1.82, 2.24) is 4.90 Å². The molecule has 82 valence electrons. The molecule has 0 aromatic rings. The van der Waals surface area contributed by atoms with E-state index < -0.39 is 6.09 Å². The van der Waals surface area contributed by atoms with Crippen LogP contribution in [-0.2, 0) is 9.53 Å². The summed E-state index contributed by atoms with van der Waals surface area (Å²) in [6.45, 7) is 0.973. The summed E-state index contributed by atoms with van der Waals surface area (Å²) in [4.78, 5) is 24.0. The number of amides is 1. The fourth-order valence-electron chi connectivity index (χ4n) is 2.89. The highest BCUT2D eigenvalue weighted by Gasteiger charge is 2.63. The number of ether oxygens (including phenoxy) is 1. The molecule has 1 spiro atoms. The van der Waals surface area contributed by atoms with E-state index in [1.807, 2.05) is 0 Å². The molecule has 1 saturated carbocycles. The minimum atomic E-state index is -0.878. The summed E-state index contributed by atoms with van der Waals surface area (Å²) in [5.74, 6) is 0.220. The van der Waals surface area contributed by atoms with Gasteiger partial charge in [-0.05, 0) is 19.3 Å². The first-order valence-corrected chi connectivity index (χ1v) is 5.30. The predicted octanol–water partition coefficient (Wildman–Crippen LogP) is 0.487. The zero-order valence-electron chi connectivity index (χ0n) is 8.31. The molecule has 0 aromatic heterocycles. The molecule has 3 rings (SSSR count). The van der Waals surface area contributed by atoms with Gasteiger partial charge in [0.2, 0.25) is 0 Å². The number of carbonyl (C=O) groups excluding carboxylic acids is 1. The lowest BCUT2D eigenvalue weighted by Crippen LogP contribution is -2.45. The van der Waals surface area contributed by atoms with Gasteiger partial charge in [-0.2, -0.15) is 0 Å². The Hall–Kier alpha value is -1.10. The smallest absolute Gasteiger partial charge is 0.407 e. The van der Waals surface area contributed by atoms with E-state index in [1.165, 1.54) is 4.90 Å². The SMILES string of the molecule is O=C(O)N1CCC2(CC1)CC1OC1C2=O. The van der Waals surface area contributed by atoms with Crippen LogP contribution in [0.5, 0.6) is 0 Å². The summed E-state index contributed by atoms with van der Waals surface area (Å²) in [6, 6.07) is 0. The number of hydrogen-bond donors (Lipinski definition) is 1. The molecule has 1 aliphatic carbocycles. The highest BCUT2D eigenvalue weighted by molar-refractivity contribution is 5.94. The van der Waals surface area contributed by atoms with Gasteiger partial charge in [0.25, 0.3) is 0 Å². The number of hydrogen-bond acceptors (Lipinski definition) is 3. The van der Waals surface area contributed by atoms with Gasteiger partial charge in [-0.3, -0.25) is 4.79 Å². The second-order valence-electron chi connectivity index (χ2n) is 4.71. The van der Waals surface area contributed by atoms with Crippen LogP contribution in [0.3, 0.4) is 0 Å². The van der Waals surface area contributed by atoms with Crippen LogP contribution in [-0.4, -0.2) is 47.2 Å². The van der Waals surface area contributed by atoms with E-state index >= 15 is 0 Å². The van der Waals surface area contributed by atoms with Crippen LogP contribution in [0.25, 0.3) is 0 Å². The van der Waals surface area contributed by atoms with Crippen molar-refractivity contribution in [3.8, 4) is 0 Å². The molecule has 5 nitrogen and oxygen atoms in total. The summed E-state index contributed by atoms with van der Waals surface area (Å²) >= 11 is 0. The van der Waals surface area contributed by atoms with Crippen molar-refractivity contribution >= 4 is 11.9 Å². The maximum absolute atomic E-state index is 11.9. The van der Waals surface area contributed by atoms with Gasteiger partial charge >= 0.3 is 6.09 Å². The molecule has 2 unspecified atom stereocenters. The normalized spacial score (nSPS) is 36.8. The van der Waals surface area contributed by atoms with Crippen molar-refractivity contribution in [2.45, 2.75) is 31.5 Å². The summed E-state index contributed by atoms with van der Waals surface area (Å²) in [5, 5.41) is 8.81. The highest BCUT2D eigenvalue weighted by atomic mass is 16.6. The number of carboxylic acid groups (broad SMARTS) is 1. The molecule has 15 heavy (non-hydrogen) atoms. The van der Waals surface area contributed by atoms with Gasteiger partial charge in [-0.15, -0.1) is 0 Å². The van der Waals surface area contributed by atoms with Crippen molar-refractivity contribution in [2.75, 3.05) is 13.1 Å². The molecule has 1 N–H and O–H groups in total. The third-order valence-electron chi connectivity index (χ3n) is 3.95. The zero-order valence-corrected chi connectivity index (χ0v) is 8.31. The lowest BCUT2D eigenvalue weighted by Gasteiger charge is -2.37. The topological polar surface area (TPSA) is 70.1 Å². The van der Waals surface area contributed by atoms with Crippen LogP contribution in [0.4, 0.5) is 4.79 Å². The number of likely N-dealkylation sites (tertiary alicyclic amines) is 1. The Kier molecular flexibility index (Phi) is 1.66. The molecule has 2 aliphatic heterocycles. The van der Waals surface area contributed by atoms with E-state index in [4.69, 9.17) is 9.84 Å². The minimum absolute atomic E-state index is 0.147. The van der Waals surface area contributed by atoms with Crippen LogP contribution >= 0.6 is 0 Å². The van der Waals surface area contributed by atoms with Crippen LogP contribution in [0, 0.1) is 5.41 Å². The highest BCUT2D eigenvalue weighted by Crippen LogP contribution is 2.52. The van der Waals surface area contributed by atoms with Gasteiger partial charge in [0.05, 0.1) is 6.10 Å². The largest absolute Gasteiger partial charge is 0.465 e. The molecule has 2 heterocycles. The first-order valence-electron chi connectivity index (χ1n) is 5.30. The minimum Gasteiger partial charge on any atom is -0.465 e. The average Bonchev–Trinajstić information content (AvgIpc) is 2.91. The Morgan fingerprint density at radius 2 is 2.13 bits per heavy atom. The Labute approximate surface area is 87.0 Å². The van der Waals surface area contributed by atoms with Gasteiger partial charge in [0, 0.05) is 18.5 Å². The maximum atomic E-state index is 11.9. The number of epoxide rings is 1. The van der Waals surface area contributed by atoms with E-state index in [2.05, 4.69) is 0 Å². The van der Waals surface area contributed by atoms with Gasteiger partial charge in [-0.1, -0.05) is 0 Å². The number of carbonyl (C=O) groups is 2. The van der Waals surface area contributed by atoms with Crippen LogP contribution in [0.1, 0.15) is 19.3 Å². The quantitative estimate of drug-likeness (QED) is 0.592. The maximum Gasteiger partial charge on any atom is 0.407 e. The first-order chi connectivity index (χ1) is 7.12. The number of nitrogens with zero attached hydrogens (tertiary/aromatic N) is 1. The lowest BCUT2D eigenvalue weighted by atomic mass is 9.75. The number of fused-ring (bicyclic) bond motifs is 1. The summed E-state index contributed by atoms with van der Waals surface area (Å²) in [6.07, 6.45) is 1.28. The van der Waals surface area contributed by atoms with Crippen molar-refractivity contribution in [3.63, 3.8) is 0 Å². The van der Waals surface area contributed by atoms with E-state index in [1.54, 1.807) is 0 Å². The number of Topliss-reactive ketones (excluding diaryl/α,β-unsaturated/α-hetero) is 1. The Morgan fingerprint density at radius 3 is 2.60 bits per heavy atom. The molecule has 2 saturated heterocycles. The fraction of sp³-hybridized carbons (Fsp3) is 0.800. The summed E-state index contributed by atoms with van der Waals surface area (Å²) in [5.41, 5.74) is -0.250. The van der Waals surface area contributed by atoms with Gasteiger partial charge in [-0.25, -0.2) is 4.79 Å². The molecule has 5 heteroatoms. The molecule has 0 bridgehead atoms. The van der Waals surface area contributed by atoms with E-state index in [0.29, 0.717) is 25.9 Å². The van der Waals surface area contributed by atoms with E-state index in [0.717, 1.165) is 6.42 Å². The molecule has 0 aromatic carbocycles. The Bertz CT molecular complexity index is 332. The van der Waals surface area contributed by atoms with Crippen LogP contribution < -0.4 is 0 Å². The number of piperidine rings is 1. The monoisotopic (exact) mass is 211 g/mol. The summed E-state index contributed by atoms with van der Waals surface area (Å²) in [7, 11) is 0. The van der Waals surface area contributed by atoms with Gasteiger partial charge in [0.15, 0.2) is 5.78 Å². The fourth-order valence-corrected chi connectivity index (χ4v) is 2.89. The molecule has 2 atom stereocenters.